The van der Waals surface area contributed by atoms with Crippen LogP contribution in [0.5, 0.6) is 0 Å². The summed E-state index contributed by atoms with van der Waals surface area (Å²) in [4.78, 5) is 13.8. The van der Waals surface area contributed by atoms with Crippen LogP contribution in [0.25, 0.3) is 0 Å². The van der Waals surface area contributed by atoms with Gasteiger partial charge in [0.2, 0.25) is 0 Å². The lowest BCUT2D eigenvalue weighted by Crippen LogP contribution is -2.36. The van der Waals surface area contributed by atoms with Crippen LogP contribution in [-0.2, 0) is 6.54 Å². The predicted molar refractivity (Wildman–Crippen MR) is 60.9 cm³/mol. The maximum absolute atomic E-state index is 12.0. The molecule has 1 fully saturated rings. The number of nitrogens with two attached hydrogens (primary N) is 1. The summed E-state index contributed by atoms with van der Waals surface area (Å²) in [7, 11) is 1.83. The Morgan fingerprint density at radius 2 is 2.31 bits per heavy atom. The Morgan fingerprint density at radius 1 is 1.62 bits per heavy atom. The summed E-state index contributed by atoms with van der Waals surface area (Å²) in [6, 6.07) is 3.74. The first kappa shape index (κ1) is 11.2. The van der Waals surface area contributed by atoms with E-state index in [0.717, 1.165) is 0 Å². The van der Waals surface area contributed by atoms with Gasteiger partial charge in [-0.15, -0.1) is 0 Å². The minimum Gasteiger partial charge on any atom is -0.455 e. The molecule has 0 bridgehead atoms. The third-order valence-corrected chi connectivity index (χ3v) is 3.31. The summed E-state index contributed by atoms with van der Waals surface area (Å²) in [5.74, 6) is 1.64. The van der Waals surface area contributed by atoms with Crippen molar-refractivity contribution in [1.82, 2.24) is 4.90 Å². The molecule has 0 spiro atoms. The molecule has 0 radical (unpaired) electrons. The van der Waals surface area contributed by atoms with E-state index in [1.54, 1.807) is 17.0 Å². The SMILES string of the molecule is CC(C1CC1)N(C)C(=O)c1ccc(CN)o1. The van der Waals surface area contributed by atoms with Crippen LogP contribution in [-0.4, -0.2) is 23.9 Å². The van der Waals surface area contributed by atoms with Crippen molar-refractivity contribution < 1.29 is 9.21 Å². The summed E-state index contributed by atoms with van der Waals surface area (Å²) in [5.41, 5.74) is 5.44. The monoisotopic (exact) mass is 222 g/mol. The van der Waals surface area contributed by atoms with E-state index in [0.29, 0.717) is 30.0 Å². The Kier molecular flexibility index (Phi) is 3.01. The van der Waals surface area contributed by atoms with Gasteiger partial charge in [-0.05, 0) is 37.8 Å². The van der Waals surface area contributed by atoms with Gasteiger partial charge in [-0.3, -0.25) is 4.79 Å². The summed E-state index contributed by atoms with van der Waals surface area (Å²) < 4.78 is 5.35. The first-order valence-corrected chi connectivity index (χ1v) is 5.69. The van der Waals surface area contributed by atoms with Crippen LogP contribution in [0.2, 0.25) is 0 Å². The maximum Gasteiger partial charge on any atom is 0.289 e. The molecule has 0 aliphatic heterocycles. The molecule has 4 nitrogen and oxygen atoms in total. The number of rotatable bonds is 4. The maximum atomic E-state index is 12.0. The highest BCUT2D eigenvalue weighted by atomic mass is 16.4. The van der Waals surface area contributed by atoms with Crippen LogP contribution >= 0.6 is 0 Å². The van der Waals surface area contributed by atoms with Gasteiger partial charge in [0.1, 0.15) is 5.76 Å². The fraction of sp³-hybridized carbons (Fsp3) is 0.583. The van der Waals surface area contributed by atoms with E-state index in [1.165, 1.54) is 12.8 Å². The molecule has 0 saturated heterocycles. The van der Waals surface area contributed by atoms with E-state index >= 15 is 0 Å². The van der Waals surface area contributed by atoms with E-state index in [1.807, 2.05) is 7.05 Å². The zero-order valence-corrected chi connectivity index (χ0v) is 9.77. The lowest BCUT2D eigenvalue weighted by atomic mass is 10.2. The van der Waals surface area contributed by atoms with Crippen molar-refractivity contribution >= 4 is 5.91 Å². The highest BCUT2D eigenvalue weighted by Gasteiger charge is 2.33. The van der Waals surface area contributed by atoms with Gasteiger partial charge >= 0.3 is 0 Å². The van der Waals surface area contributed by atoms with Crippen molar-refractivity contribution in [2.45, 2.75) is 32.4 Å². The number of hydrogen-bond acceptors (Lipinski definition) is 3. The van der Waals surface area contributed by atoms with Crippen molar-refractivity contribution in [3.8, 4) is 0 Å². The van der Waals surface area contributed by atoms with Gasteiger partial charge in [0.05, 0.1) is 6.54 Å². The number of nitrogens with zero attached hydrogens (tertiary/aromatic N) is 1. The van der Waals surface area contributed by atoms with Crippen LogP contribution in [0.4, 0.5) is 0 Å². The molecule has 2 rings (SSSR count). The second kappa shape index (κ2) is 4.29. The predicted octanol–water partition coefficient (Wildman–Crippen LogP) is 1.61. The van der Waals surface area contributed by atoms with Crippen molar-refractivity contribution in [3.05, 3.63) is 23.7 Å². The van der Waals surface area contributed by atoms with Gasteiger partial charge in [-0.25, -0.2) is 0 Å². The number of hydrogen-bond donors (Lipinski definition) is 1. The van der Waals surface area contributed by atoms with Gasteiger partial charge in [0.15, 0.2) is 5.76 Å². The Bertz CT molecular complexity index is 382. The summed E-state index contributed by atoms with van der Waals surface area (Å²) in [5, 5.41) is 0. The molecule has 1 aromatic rings. The van der Waals surface area contributed by atoms with Crippen molar-refractivity contribution in [3.63, 3.8) is 0 Å². The molecule has 1 aliphatic carbocycles. The van der Waals surface area contributed by atoms with Gasteiger partial charge < -0.3 is 15.1 Å². The molecule has 1 aliphatic rings. The topological polar surface area (TPSA) is 59.5 Å². The molecule has 1 atom stereocenters. The molecule has 2 N–H and O–H groups in total. The molecule has 1 aromatic heterocycles. The van der Waals surface area contributed by atoms with Gasteiger partial charge in [0, 0.05) is 13.1 Å². The average Bonchev–Trinajstić information content (AvgIpc) is 3.04. The molecular formula is C12H18N2O2. The minimum atomic E-state index is -0.0564. The van der Waals surface area contributed by atoms with Crippen LogP contribution < -0.4 is 5.73 Å². The molecule has 1 unspecified atom stereocenters. The number of amides is 1. The van der Waals surface area contributed by atoms with E-state index in [4.69, 9.17) is 10.2 Å². The lowest BCUT2D eigenvalue weighted by Gasteiger charge is -2.23. The third-order valence-electron chi connectivity index (χ3n) is 3.31. The van der Waals surface area contributed by atoms with Crippen LogP contribution in [0.3, 0.4) is 0 Å². The van der Waals surface area contributed by atoms with E-state index < -0.39 is 0 Å². The molecule has 88 valence electrons. The largest absolute Gasteiger partial charge is 0.455 e. The molecule has 1 amide bonds. The first-order valence-electron chi connectivity index (χ1n) is 5.69. The minimum absolute atomic E-state index is 0.0564. The van der Waals surface area contributed by atoms with Gasteiger partial charge in [0.25, 0.3) is 5.91 Å². The van der Waals surface area contributed by atoms with E-state index in [9.17, 15) is 4.79 Å². The first-order chi connectivity index (χ1) is 7.63. The third kappa shape index (κ3) is 2.11. The summed E-state index contributed by atoms with van der Waals surface area (Å²) in [6.45, 7) is 2.41. The van der Waals surface area contributed by atoms with Crippen LogP contribution in [0, 0.1) is 5.92 Å². The summed E-state index contributed by atoms with van der Waals surface area (Å²) >= 11 is 0. The number of carbonyl (C=O) groups excluding carboxylic acids is 1. The lowest BCUT2D eigenvalue weighted by molar-refractivity contribution is 0.0693. The van der Waals surface area contributed by atoms with E-state index in [2.05, 4.69) is 6.92 Å². The molecule has 1 saturated carbocycles. The van der Waals surface area contributed by atoms with Crippen LogP contribution in [0.1, 0.15) is 36.1 Å². The highest BCUT2D eigenvalue weighted by molar-refractivity contribution is 5.91. The number of carbonyl (C=O) groups is 1. The molecule has 1 heterocycles. The highest BCUT2D eigenvalue weighted by Crippen LogP contribution is 2.35. The van der Waals surface area contributed by atoms with Crippen molar-refractivity contribution in [1.29, 1.82) is 0 Å². The molecule has 0 aromatic carbocycles. The van der Waals surface area contributed by atoms with Gasteiger partial charge in [-0.1, -0.05) is 0 Å². The Balaban J connectivity index is 2.05. The van der Waals surface area contributed by atoms with Crippen molar-refractivity contribution in [2.75, 3.05) is 7.05 Å². The zero-order chi connectivity index (χ0) is 11.7. The Hall–Kier alpha value is -1.29. The number of furan rings is 1. The Labute approximate surface area is 95.4 Å². The van der Waals surface area contributed by atoms with E-state index in [-0.39, 0.29) is 5.91 Å². The molecule has 16 heavy (non-hydrogen) atoms. The average molecular weight is 222 g/mol. The smallest absolute Gasteiger partial charge is 0.289 e. The van der Waals surface area contributed by atoms with Crippen molar-refractivity contribution in [2.24, 2.45) is 11.7 Å². The normalized spacial score (nSPS) is 17.2. The standard InChI is InChI=1S/C12H18N2O2/c1-8(9-3-4-9)14(2)12(15)11-6-5-10(7-13)16-11/h5-6,8-9H,3-4,7,13H2,1-2H3. The van der Waals surface area contributed by atoms with Crippen LogP contribution in [0.15, 0.2) is 16.5 Å². The second-order valence-corrected chi connectivity index (χ2v) is 4.46. The van der Waals surface area contributed by atoms with Gasteiger partial charge in [-0.2, -0.15) is 0 Å². The fourth-order valence-corrected chi connectivity index (χ4v) is 1.86. The Morgan fingerprint density at radius 3 is 2.81 bits per heavy atom. The molecular weight excluding hydrogens is 204 g/mol. The zero-order valence-electron chi connectivity index (χ0n) is 9.77. The summed E-state index contributed by atoms with van der Waals surface area (Å²) in [6.07, 6.45) is 2.45. The quantitative estimate of drug-likeness (QED) is 0.842. The molecule has 4 heteroatoms. The second-order valence-electron chi connectivity index (χ2n) is 4.46. The fourth-order valence-electron chi connectivity index (χ4n) is 1.86.